The minimum atomic E-state index is -1.47. The van der Waals surface area contributed by atoms with Gasteiger partial charge < -0.3 is 26.0 Å². The van der Waals surface area contributed by atoms with Gasteiger partial charge in [0, 0.05) is 18.7 Å². The fourth-order valence-corrected chi connectivity index (χ4v) is 2.09. The van der Waals surface area contributed by atoms with Crippen molar-refractivity contribution >= 4 is 23.5 Å². The SMILES string of the molecule is COCC(N)C(=O)NCc1ccccc1.O=C(O)C(O)c1ccc(Cl)cc1. The molecule has 1 amide bonds. The molecule has 0 radical (unpaired) electrons. The van der Waals surface area contributed by atoms with Crippen molar-refractivity contribution in [2.75, 3.05) is 13.7 Å². The molecule has 2 aromatic carbocycles. The summed E-state index contributed by atoms with van der Waals surface area (Å²) in [7, 11) is 1.52. The second-order valence-electron chi connectivity index (χ2n) is 5.56. The van der Waals surface area contributed by atoms with Gasteiger partial charge >= 0.3 is 5.97 Å². The summed E-state index contributed by atoms with van der Waals surface area (Å²) < 4.78 is 4.79. The number of hydrogen-bond donors (Lipinski definition) is 4. The lowest BCUT2D eigenvalue weighted by Crippen LogP contribution is -2.43. The van der Waals surface area contributed by atoms with Gasteiger partial charge in [0.05, 0.1) is 6.61 Å². The number of carboxylic acids is 1. The molecule has 0 spiro atoms. The molecule has 2 unspecified atom stereocenters. The monoisotopic (exact) mass is 394 g/mol. The second-order valence-corrected chi connectivity index (χ2v) is 5.99. The van der Waals surface area contributed by atoms with Crippen LogP contribution in [0.1, 0.15) is 17.2 Å². The normalized spacial score (nSPS) is 12.3. The minimum Gasteiger partial charge on any atom is -0.479 e. The summed E-state index contributed by atoms with van der Waals surface area (Å²) >= 11 is 5.57. The van der Waals surface area contributed by atoms with E-state index in [1.54, 1.807) is 0 Å². The zero-order valence-electron chi connectivity index (χ0n) is 14.8. The van der Waals surface area contributed by atoms with Gasteiger partial charge in [0.25, 0.3) is 0 Å². The van der Waals surface area contributed by atoms with E-state index in [0.29, 0.717) is 17.1 Å². The van der Waals surface area contributed by atoms with E-state index in [0.717, 1.165) is 5.56 Å². The summed E-state index contributed by atoms with van der Waals surface area (Å²) in [4.78, 5) is 21.7. The predicted octanol–water partition coefficient (Wildman–Crippen LogP) is 1.73. The first-order valence-electron chi connectivity index (χ1n) is 8.07. The van der Waals surface area contributed by atoms with Crippen molar-refractivity contribution in [2.45, 2.75) is 18.7 Å². The van der Waals surface area contributed by atoms with Gasteiger partial charge in [0.2, 0.25) is 5.91 Å². The topological polar surface area (TPSA) is 122 Å². The van der Waals surface area contributed by atoms with Crippen LogP contribution in [0.4, 0.5) is 0 Å². The van der Waals surface area contributed by atoms with E-state index >= 15 is 0 Å². The maximum atomic E-state index is 11.4. The highest BCUT2D eigenvalue weighted by molar-refractivity contribution is 6.30. The Morgan fingerprint density at radius 1 is 1.15 bits per heavy atom. The first-order chi connectivity index (χ1) is 12.8. The zero-order chi connectivity index (χ0) is 20.2. The minimum absolute atomic E-state index is 0.194. The summed E-state index contributed by atoms with van der Waals surface area (Å²) in [5, 5.41) is 20.7. The van der Waals surface area contributed by atoms with E-state index in [1.807, 2.05) is 30.3 Å². The van der Waals surface area contributed by atoms with Crippen molar-refractivity contribution in [1.29, 1.82) is 0 Å². The van der Waals surface area contributed by atoms with Gasteiger partial charge in [-0.3, -0.25) is 4.79 Å². The molecule has 27 heavy (non-hydrogen) atoms. The van der Waals surface area contributed by atoms with E-state index in [9.17, 15) is 9.59 Å². The number of methoxy groups -OCH3 is 1. The second kappa shape index (κ2) is 12.0. The molecular formula is C19H23ClN2O5. The number of rotatable bonds is 7. The zero-order valence-corrected chi connectivity index (χ0v) is 15.6. The van der Waals surface area contributed by atoms with Crippen molar-refractivity contribution in [1.82, 2.24) is 5.32 Å². The highest BCUT2D eigenvalue weighted by atomic mass is 35.5. The van der Waals surface area contributed by atoms with Gasteiger partial charge in [0.15, 0.2) is 6.10 Å². The van der Waals surface area contributed by atoms with Crippen LogP contribution >= 0.6 is 11.6 Å². The lowest BCUT2D eigenvalue weighted by molar-refractivity contribution is -0.147. The average molecular weight is 395 g/mol. The Bertz CT molecular complexity index is 710. The Kier molecular flexibility index (Phi) is 10.1. The summed E-state index contributed by atoms with van der Waals surface area (Å²) in [5.41, 5.74) is 6.93. The largest absolute Gasteiger partial charge is 0.479 e. The number of ether oxygens (including phenoxy) is 1. The first-order valence-corrected chi connectivity index (χ1v) is 8.45. The van der Waals surface area contributed by atoms with Crippen molar-refractivity contribution in [2.24, 2.45) is 5.73 Å². The van der Waals surface area contributed by atoms with E-state index in [4.69, 9.17) is 32.3 Å². The molecule has 0 heterocycles. The Labute approximate surface area is 162 Å². The number of hydrogen-bond acceptors (Lipinski definition) is 5. The molecule has 0 bridgehead atoms. The Morgan fingerprint density at radius 2 is 1.74 bits per heavy atom. The number of aliphatic hydroxyl groups is 1. The fourth-order valence-electron chi connectivity index (χ4n) is 1.96. The number of aliphatic carboxylic acids is 1. The number of aliphatic hydroxyl groups excluding tert-OH is 1. The van der Waals surface area contributed by atoms with Gasteiger partial charge in [-0.05, 0) is 23.3 Å². The number of nitrogens with two attached hydrogens (primary N) is 1. The highest BCUT2D eigenvalue weighted by Crippen LogP contribution is 2.16. The molecule has 0 aliphatic rings. The number of benzene rings is 2. The molecule has 0 aromatic heterocycles. The molecule has 146 valence electrons. The van der Waals surface area contributed by atoms with E-state index in [1.165, 1.54) is 31.4 Å². The number of halogens is 1. The van der Waals surface area contributed by atoms with Crippen LogP contribution in [-0.4, -0.2) is 41.8 Å². The Morgan fingerprint density at radius 3 is 2.26 bits per heavy atom. The van der Waals surface area contributed by atoms with Crippen molar-refractivity contribution in [3.05, 3.63) is 70.7 Å². The molecule has 0 saturated carbocycles. The van der Waals surface area contributed by atoms with E-state index in [2.05, 4.69) is 5.32 Å². The number of amides is 1. The van der Waals surface area contributed by atoms with Crippen LogP contribution in [0.25, 0.3) is 0 Å². The van der Waals surface area contributed by atoms with Crippen LogP contribution in [-0.2, 0) is 20.9 Å². The Balaban J connectivity index is 0.000000277. The van der Waals surface area contributed by atoms with Crippen LogP contribution in [0, 0.1) is 0 Å². The van der Waals surface area contributed by atoms with Crippen LogP contribution < -0.4 is 11.1 Å². The van der Waals surface area contributed by atoms with Crippen molar-refractivity contribution in [3.8, 4) is 0 Å². The predicted molar refractivity (Wildman–Crippen MR) is 102 cm³/mol. The Hall–Kier alpha value is -2.45. The van der Waals surface area contributed by atoms with Crippen LogP contribution in [0.15, 0.2) is 54.6 Å². The fraction of sp³-hybridized carbons (Fsp3) is 0.263. The van der Waals surface area contributed by atoms with Crippen LogP contribution in [0.5, 0.6) is 0 Å². The van der Waals surface area contributed by atoms with Crippen LogP contribution in [0.3, 0.4) is 0 Å². The molecule has 5 N–H and O–H groups in total. The molecule has 2 rings (SSSR count). The van der Waals surface area contributed by atoms with Gasteiger partial charge in [-0.15, -0.1) is 0 Å². The average Bonchev–Trinajstić information content (AvgIpc) is 2.67. The highest BCUT2D eigenvalue weighted by Gasteiger charge is 2.14. The van der Waals surface area contributed by atoms with Crippen molar-refractivity contribution in [3.63, 3.8) is 0 Å². The third-order valence-corrected chi connectivity index (χ3v) is 3.66. The van der Waals surface area contributed by atoms with E-state index in [-0.39, 0.29) is 12.5 Å². The molecule has 2 atom stereocenters. The number of nitrogens with one attached hydrogen (secondary N) is 1. The molecule has 0 aliphatic heterocycles. The summed E-state index contributed by atoms with van der Waals surface area (Å²) in [6, 6.07) is 15.1. The molecule has 8 heteroatoms. The van der Waals surface area contributed by atoms with Gasteiger partial charge in [-0.1, -0.05) is 54.1 Å². The molecule has 2 aromatic rings. The number of carboxylic acid groups (broad SMARTS) is 1. The molecule has 0 aliphatic carbocycles. The van der Waals surface area contributed by atoms with Gasteiger partial charge in [-0.25, -0.2) is 4.79 Å². The maximum Gasteiger partial charge on any atom is 0.337 e. The van der Waals surface area contributed by atoms with Gasteiger partial charge in [0.1, 0.15) is 6.04 Å². The van der Waals surface area contributed by atoms with E-state index < -0.39 is 18.1 Å². The van der Waals surface area contributed by atoms with Crippen LogP contribution in [0.2, 0.25) is 5.02 Å². The summed E-state index contributed by atoms with van der Waals surface area (Å²) in [6.45, 7) is 0.734. The summed E-state index contributed by atoms with van der Waals surface area (Å²) in [5.74, 6) is -1.46. The lowest BCUT2D eigenvalue weighted by atomic mass is 10.1. The van der Waals surface area contributed by atoms with Crippen molar-refractivity contribution < 1.29 is 24.5 Å². The third kappa shape index (κ3) is 8.65. The summed E-state index contributed by atoms with van der Waals surface area (Å²) in [6.07, 6.45) is -1.47. The molecular weight excluding hydrogens is 372 g/mol. The lowest BCUT2D eigenvalue weighted by Gasteiger charge is -2.10. The number of carbonyl (C=O) groups is 2. The first kappa shape index (κ1) is 22.6. The smallest absolute Gasteiger partial charge is 0.337 e. The standard InChI is InChI=1S/C11H16N2O2.C8H7ClO3/c1-15-8-10(12)11(14)13-7-9-5-3-2-4-6-9;9-6-3-1-5(2-4-6)7(10)8(11)12/h2-6,10H,7-8,12H2,1H3,(H,13,14);1-4,7,10H,(H,11,12). The third-order valence-electron chi connectivity index (χ3n) is 3.41. The molecule has 7 nitrogen and oxygen atoms in total. The number of carbonyl (C=O) groups excluding carboxylic acids is 1. The maximum absolute atomic E-state index is 11.4. The molecule has 0 fully saturated rings. The molecule has 0 saturated heterocycles. The quantitative estimate of drug-likeness (QED) is 0.567. The van der Waals surface area contributed by atoms with Gasteiger partial charge in [-0.2, -0.15) is 0 Å².